The topological polar surface area (TPSA) is 48.6 Å². The average molecular weight is 263 g/mol. The number of hydrogen-bond acceptors (Lipinski definition) is 3. The Labute approximate surface area is 113 Å². The number of aromatic amines is 1. The van der Waals surface area contributed by atoms with Gasteiger partial charge in [-0.05, 0) is 24.5 Å². The summed E-state index contributed by atoms with van der Waals surface area (Å²) in [6.45, 7) is 6.53. The molecule has 104 valence electrons. The number of amides is 1. The number of ether oxygens (including phenoxy) is 1. The molecule has 2 fully saturated rings. The van der Waals surface area contributed by atoms with E-state index in [4.69, 9.17) is 4.74 Å². The third-order valence-electron chi connectivity index (χ3n) is 4.03. The summed E-state index contributed by atoms with van der Waals surface area (Å²) in [7, 11) is 0. The highest BCUT2D eigenvalue weighted by molar-refractivity contribution is 5.92. The first-order chi connectivity index (χ1) is 9.33. The maximum absolute atomic E-state index is 12.2. The summed E-state index contributed by atoms with van der Waals surface area (Å²) in [6, 6.07) is 3.70. The Hall–Kier alpha value is -1.33. The molecular weight excluding hydrogens is 242 g/mol. The maximum Gasteiger partial charge on any atom is 0.270 e. The van der Waals surface area contributed by atoms with Gasteiger partial charge in [0, 0.05) is 45.5 Å². The molecule has 2 aliphatic heterocycles. The van der Waals surface area contributed by atoms with Gasteiger partial charge in [-0.1, -0.05) is 0 Å². The Morgan fingerprint density at radius 2 is 2.21 bits per heavy atom. The fourth-order valence-electron chi connectivity index (χ4n) is 2.86. The molecule has 1 atom stereocenters. The van der Waals surface area contributed by atoms with E-state index in [9.17, 15) is 4.79 Å². The van der Waals surface area contributed by atoms with Crippen molar-refractivity contribution in [3.05, 3.63) is 24.0 Å². The molecule has 0 unspecified atom stereocenters. The molecule has 0 radical (unpaired) electrons. The van der Waals surface area contributed by atoms with E-state index in [1.807, 2.05) is 17.0 Å². The predicted molar refractivity (Wildman–Crippen MR) is 72.1 cm³/mol. The normalized spacial score (nSPS) is 24.8. The second-order valence-electron chi connectivity index (χ2n) is 5.41. The zero-order chi connectivity index (χ0) is 13.1. The summed E-state index contributed by atoms with van der Waals surface area (Å²) in [5.41, 5.74) is 0.692. The van der Waals surface area contributed by atoms with E-state index >= 15 is 0 Å². The molecule has 0 aliphatic carbocycles. The molecule has 0 saturated carbocycles. The van der Waals surface area contributed by atoms with Crippen molar-refractivity contribution in [1.29, 1.82) is 0 Å². The molecule has 1 aromatic rings. The van der Waals surface area contributed by atoms with Gasteiger partial charge in [-0.15, -0.1) is 0 Å². The van der Waals surface area contributed by atoms with Crippen LogP contribution in [0.15, 0.2) is 18.3 Å². The van der Waals surface area contributed by atoms with Crippen molar-refractivity contribution in [2.45, 2.75) is 6.42 Å². The van der Waals surface area contributed by atoms with Crippen molar-refractivity contribution < 1.29 is 9.53 Å². The Kier molecular flexibility index (Phi) is 3.84. The summed E-state index contributed by atoms with van der Waals surface area (Å²) >= 11 is 0. The molecule has 1 amide bonds. The fourth-order valence-corrected chi connectivity index (χ4v) is 2.86. The van der Waals surface area contributed by atoms with Crippen LogP contribution in [0.2, 0.25) is 0 Å². The minimum absolute atomic E-state index is 0.119. The summed E-state index contributed by atoms with van der Waals surface area (Å²) in [6.07, 6.45) is 2.98. The third kappa shape index (κ3) is 2.98. The number of hydrogen-bond donors (Lipinski definition) is 1. The van der Waals surface area contributed by atoms with Crippen molar-refractivity contribution in [2.24, 2.45) is 5.92 Å². The summed E-state index contributed by atoms with van der Waals surface area (Å²) in [5, 5.41) is 0. The van der Waals surface area contributed by atoms with Crippen molar-refractivity contribution in [2.75, 3.05) is 45.9 Å². The highest BCUT2D eigenvalue weighted by atomic mass is 16.5. The van der Waals surface area contributed by atoms with E-state index in [0.29, 0.717) is 11.6 Å². The van der Waals surface area contributed by atoms with Crippen LogP contribution in [0, 0.1) is 5.92 Å². The first-order valence-electron chi connectivity index (χ1n) is 7.05. The SMILES string of the molecule is O=C(c1ccc[nH]1)N1CCN(C[C@H]2CCOC2)CC1. The molecule has 0 bridgehead atoms. The minimum atomic E-state index is 0.119. The molecule has 5 nitrogen and oxygen atoms in total. The molecule has 2 aliphatic rings. The van der Waals surface area contributed by atoms with E-state index in [0.717, 1.165) is 45.9 Å². The van der Waals surface area contributed by atoms with Crippen molar-refractivity contribution in [3.8, 4) is 0 Å². The number of carbonyl (C=O) groups is 1. The monoisotopic (exact) mass is 263 g/mol. The number of nitrogens with zero attached hydrogens (tertiary/aromatic N) is 2. The average Bonchev–Trinajstić information content (AvgIpc) is 3.12. The second-order valence-corrected chi connectivity index (χ2v) is 5.41. The van der Waals surface area contributed by atoms with Crippen molar-refractivity contribution >= 4 is 5.91 Å². The van der Waals surface area contributed by atoms with Crippen LogP contribution in [-0.4, -0.2) is 66.6 Å². The zero-order valence-electron chi connectivity index (χ0n) is 11.2. The van der Waals surface area contributed by atoms with E-state index in [-0.39, 0.29) is 5.91 Å². The predicted octanol–water partition coefficient (Wildman–Crippen LogP) is 0.809. The van der Waals surface area contributed by atoms with Crippen LogP contribution in [-0.2, 0) is 4.74 Å². The Balaban J connectivity index is 1.47. The van der Waals surface area contributed by atoms with Gasteiger partial charge in [0.25, 0.3) is 5.91 Å². The van der Waals surface area contributed by atoms with E-state index in [1.54, 1.807) is 6.20 Å². The minimum Gasteiger partial charge on any atom is -0.381 e. The van der Waals surface area contributed by atoms with Gasteiger partial charge in [-0.3, -0.25) is 9.69 Å². The Morgan fingerprint density at radius 3 is 2.84 bits per heavy atom. The molecule has 0 spiro atoms. The van der Waals surface area contributed by atoms with Crippen LogP contribution in [0.25, 0.3) is 0 Å². The maximum atomic E-state index is 12.2. The number of rotatable bonds is 3. The van der Waals surface area contributed by atoms with E-state index < -0.39 is 0 Å². The lowest BCUT2D eigenvalue weighted by Gasteiger charge is -2.35. The largest absolute Gasteiger partial charge is 0.381 e. The van der Waals surface area contributed by atoms with Gasteiger partial charge >= 0.3 is 0 Å². The summed E-state index contributed by atoms with van der Waals surface area (Å²) in [4.78, 5) is 19.5. The lowest BCUT2D eigenvalue weighted by Crippen LogP contribution is -2.49. The smallest absolute Gasteiger partial charge is 0.270 e. The zero-order valence-corrected chi connectivity index (χ0v) is 11.2. The molecule has 1 N–H and O–H groups in total. The van der Waals surface area contributed by atoms with Crippen molar-refractivity contribution in [3.63, 3.8) is 0 Å². The van der Waals surface area contributed by atoms with Crippen LogP contribution >= 0.6 is 0 Å². The van der Waals surface area contributed by atoms with Gasteiger partial charge in [0.15, 0.2) is 0 Å². The van der Waals surface area contributed by atoms with Crippen LogP contribution < -0.4 is 0 Å². The number of piperazine rings is 1. The lowest BCUT2D eigenvalue weighted by molar-refractivity contribution is 0.0606. The van der Waals surface area contributed by atoms with Gasteiger partial charge in [-0.2, -0.15) is 0 Å². The Bertz CT molecular complexity index is 404. The standard InChI is InChI=1S/C14H21N3O2/c18-14(13-2-1-4-15-13)17-7-5-16(6-8-17)10-12-3-9-19-11-12/h1-2,4,12,15H,3,5-11H2/t12-/m1/s1. The first-order valence-corrected chi connectivity index (χ1v) is 7.05. The second kappa shape index (κ2) is 5.75. The number of H-pyrrole nitrogens is 1. The first kappa shape index (κ1) is 12.7. The van der Waals surface area contributed by atoms with Crippen LogP contribution in [0.3, 0.4) is 0 Å². The number of nitrogens with one attached hydrogen (secondary N) is 1. The van der Waals surface area contributed by atoms with Gasteiger partial charge < -0.3 is 14.6 Å². The van der Waals surface area contributed by atoms with E-state index in [1.165, 1.54) is 6.42 Å². The Morgan fingerprint density at radius 1 is 1.37 bits per heavy atom. The molecule has 3 heterocycles. The van der Waals surface area contributed by atoms with Crippen LogP contribution in [0.4, 0.5) is 0 Å². The van der Waals surface area contributed by atoms with Crippen LogP contribution in [0.5, 0.6) is 0 Å². The van der Waals surface area contributed by atoms with Crippen LogP contribution in [0.1, 0.15) is 16.9 Å². The molecule has 3 rings (SSSR count). The lowest BCUT2D eigenvalue weighted by atomic mass is 10.1. The molecule has 1 aromatic heterocycles. The highest BCUT2D eigenvalue weighted by Crippen LogP contribution is 2.15. The van der Waals surface area contributed by atoms with E-state index in [2.05, 4.69) is 9.88 Å². The molecule has 19 heavy (non-hydrogen) atoms. The number of aromatic nitrogens is 1. The summed E-state index contributed by atoms with van der Waals surface area (Å²) < 4.78 is 5.41. The third-order valence-corrected chi connectivity index (χ3v) is 4.03. The quantitative estimate of drug-likeness (QED) is 0.878. The molecule has 5 heteroatoms. The molecular formula is C14H21N3O2. The number of carbonyl (C=O) groups excluding carboxylic acids is 1. The van der Waals surface area contributed by atoms with Gasteiger partial charge in [0.1, 0.15) is 5.69 Å². The van der Waals surface area contributed by atoms with Gasteiger partial charge in [0.2, 0.25) is 0 Å². The van der Waals surface area contributed by atoms with Gasteiger partial charge in [-0.25, -0.2) is 0 Å². The fraction of sp³-hybridized carbons (Fsp3) is 0.643. The highest BCUT2D eigenvalue weighted by Gasteiger charge is 2.25. The van der Waals surface area contributed by atoms with Crippen molar-refractivity contribution in [1.82, 2.24) is 14.8 Å². The molecule has 2 saturated heterocycles. The summed E-state index contributed by atoms with van der Waals surface area (Å²) in [5.74, 6) is 0.805. The van der Waals surface area contributed by atoms with Gasteiger partial charge in [0.05, 0.1) is 6.61 Å². The molecule has 0 aromatic carbocycles.